The molecule has 2 amide bonds. The van der Waals surface area contributed by atoms with Crippen molar-refractivity contribution in [1.29, 1.82) is 0 Å². The molecule has 0 spiro atoms. The summed E-state index contributed by atoms with van der Waals surface area (Å²) in [6.07, 6.45) is -4.88. The molecule has 2 aromatic carbocycles. The molecule has 3 N–H and O–H groups in total. The maximum Gasteiger partial charge on any atom is 0.573 e. The van der Waals surface area contributed by atoms with Crippen molar-refractivity contribution in [3.05, 3.63) is 75.6 Å². The number of rotatable bonds is 7. The molecule has 170 valence electrons. The highest BCUT2D eigenvalue weighted by Crippen LogP contribution is 2.27. The van der Waals surface area contributed by atoms with E-state index in [9.17, 15) is 22.8 Å². The standard InChI is InChI=1S/C21H21F3N4O4/c1-13-18(28(27-19(13)29)16-6-4-3-5-7-16)26-20(30)25-11-15-10-14(12-31-2)8-9-17(15)32-21(22,23)24/h3-10H,11-12H2,1-2H3,(H,27,29)(H2,25,26,30). The van der Waals surface area contributed by atoms with E-state index >= 15 is 0 Å². The Morgan fingerprint density at radius 2 is 1.88 bits per heavy atom. The molecule has 32 heavy (non-hydrogen) atoms. The van der Waals surface area contributed by atoms with Gasteiger partial charge in [0.15, 0.2) is 0 Å². The van der Waals surface area contributed by atoms with Gasteiger partial charge in [0.1, 0.15) is 11.6 Å². The number of aromatic amines is 1. The van der Waals surface area contributed by atoms with Gasteiger partial charge in [-0.25, -0.2) is 9.48 Å². The van der Waals surface area contributed by atoms with Crippen molar-refractivity contribution in [2.24, 2.45) is 0 Å². The highest BCUT2D eigenvalue weighted by atomic mass is 19.4. The van der Waals surface area contributed by atoms with Gasteiger partial charge >= 0.3 is 12.4 Å². The van der Waals surface area contributed by atoms with Crippen molar-refractivity contribution in [2.75, 3.05) is 12.4 Å². The minimum atomic E-state index is -4.88. The van der Waals surface area contributed by atoms with Crippen molar-refractivity contribution in [1.82, 2.24) is 15.1 Å². The number of H-pyrrole nitrogens is 1. The van der Waals surface area contributed by atoms with Crippen LogP contribution in [0.3, 0.4) is 0 Å². The van der Waals surface area contributed by atoms with Crippen molar-refractivity contribution >= 4 is 11.8 Å². The van der Waals surface area contributed by atoms with E-state index in [1.54, 1.807) is 30.3 Å². The van der Waals surface area contributed by atoms with Crippen LogP contribution in [0, 0.1) is 6.92 Å². The first kappa shape index (κ1) is 22.9. The number of methoxy groups -OCH3 is 1. The molecule has 1 heterocycles. The minimum Gasteiger partial charge on any atom is -0.405 e. The molecule has 0 unspecified atom stereocenters. The average molecular weight is 450 g/mol. The highest BCUT2D eigenvalue weighted by molar-refractivity contribution is 5.89. The van der Waals surface area contributed by atoms with Crippen LogP contribution in [0.25, 0.3) is 5.69 Å². The first-order valence-electron chi connectivity index (χ1n) is 9.46. The summed E-state index contributed by atoms with van der Waals surface area (Å²) in [5.41, 5.74) is 1.21. The lowest BCUT2D eigenvalue weighted by atomic mass is 10.1. The number of para-hydroxylation sites is 1. The number of nitrogens with zero attached hydrogens (tertiary/aromatic N) is 1. The predicted octanol–water partition coefficient (Wildman–Crippen LogP) is 3.84. The minimum absolute atomic E-state index is 0.110. The Morgan fingerprint density at radius 3 is 2.53 bits per heavy atom. The van der Waals surface area contributed by atoms with Gasteiger partial charge in [-0.1, -0.05) is 24.3 Å². The van der Waals surface area contributed by atoms with Gasteiger partial charge in [-0.2, -0.15) is 0 Å². The van der Waals surface area contributed by atoms with Gasteiger partial charge in [-0.05, 0) is 36.8 Å². The summed E-state index contributed by atoms with van der Waals surface area (Å²) in [6.45, 7) is 1.46. The number of ether oxygens (including phenoxy) is 2. The Morgan fingerprint density at radius 1 is 1.16 bits per heavy atom. The predicted molar refractivity (Wildman–Crippen MR) is 111 cm³/mol. The fourth-order valence-electron chi connectivity index (χ4n) is 3.02. The van der Waals surface area contributed by atoms with Crippen LogP contribution in [0.1, 0.15) is 16.7 Å². The Hall–Kier alpha value is -3.73. The van der Waals surface area contributed by atoms with Crippen LogP contribution in [0.15, 0.2) is 53.3 Å². The number of urea groups is 1. The second kappa shape index (κ2) is 9.60. The lowest BCUT2D eigenvalue weighted by Gasteiger charge is -2.16. The molecule has 0 atom stereocenters. The van der Waals surface area contributed by atoms with Crippen LogP contribution in [0.5, 0.6) is 5.75 Å². The topological polar surface area (TPSA) is 97.4 Å². The van der Waals surface area contributed by atoms with E-state index in [4.69, 9.17) is 4.74 Å². The van der Waals surface area contributed by atoms with E-state index in [0.29, 0.717) is 11.3 Å². The largest absolute Gasteiger partial charge is 0.573 e. The summed E-state index contributed by atoms with van der Waals surface area (Å²) in [4.78, 5) is 24.6. The van der Waals surface area contributed by atoms with E-state index in [2.05, 4.69) is 20.5 Å². The molecular formula is C21H21F3N4O4. The lowest BCUT2D eigenvalue weighted by Crippen LogP contribution is -2.30. The maximum atomic E-state index is 12.7. The second-order valence-corrected chi connectivity index (χ2v) is 6.82. The molecule has 3 aromatic rings. The van der Waals surface area contributed by atoms with Crippen molar-refractivity contribution in [2.45, 2.75) is 26.4 Å². The van der Waals surface area contributed by atoms with Crippen LogP contribution in [-0.4, -0.2) is 29.3 Å². The Balaban J connectivity index is 1.78. The van der Waals surface area contributed by atoms with E-state index in [-0.39, 0.29) is 30.1 Å². The number of anilines is 1. The van der Waals surface area contributed by atoms with Crippen molar-refractivity contribution < 1.29 is 27.4 Å². The molecule has 0 aliphatic carbocycles. The molecule has 0 saturated heterocycles. The second-order valence-electron chi connectivity index (χ2n) is 6.82. The van der Waals surface area contributed by atoms with Crippen molar-refractivity contribution in [3.8, 4) is 11.4 Å². The van der Waals surface area contributed by atoms with E-state index < -0.39 is 23.7 Å². The third kappa shape index (κ3) is 5.70. The van der Waals surface area contributed by atoms with Gasteiger partial charge in [0.2, 0.25) is 0 Å². The number of aromatic nitrogens is 2. The SMILES string of the molecule is COCc1ccc(OC(F)(F)F)c(CNC(=O)Nc2c(C)c(=O)[nH]n2-c2ccccc2)c1. The quantitative estimate of drug-likeness (QED) is 0.510. The fraction of sp³-hybridized carbons (Fsp3) is 0.238. The Labute approximate surface area is 180 Å². The van der Waals surface area contributed by atoms with Gasteiger partial charge in [-0.15, -0.1) is 13.2 Å². The molecule has 1 aromatic heterocycles. The molecule has 8 nitrogen and oxygen atoms in total. The van der Waals surface area contributed by atoms with Gasteiger partial charge < -0.3 is 14.8 Å². The van der Waals surface area contributed by atoms with Crippen LogP contribution in [-0.2, 0) is 17.9 Å². The number of carbonyl (C=O) groups excluding carboxylic acids is 1. The molecule has 0 radical (unpaired) electrons. The smallest absolute Gasteiger partial charge is 0.405 e. The van der Waals surface area contributed by atoms with Gasteiger partial charge in [0, 0.05) is 19.2 Å². The lowest BCUT2D eigenvalue weighted by molar-refractivity contribution is -0.274. The molecule has 0 bridgehead atoms. The summed E-state index contributed by atoms with van der Waals surface area (Å²) in [5, 5.41) is 7.68. The molecule has 0 aliphatic rings. The first-order valence-corrected chi connectivity index (χ1v) is 9.46. The van der Waals surface area contributed by atoms with E-state index in [1.807, 2.05) is 0 Å². The summed E-state index contributed by atoms with van der Waals surface area (Å²) in [6, 6.07) is 12.1. The van der Waals surface area contributed by atoms with Crippen LogP contribution < -0.4 is 20.9 Å². The third-order valence-electron chi connectivity index (χ3n) is 4.48. The number of amides is 2. The molecule has 0 aliphatic heterocycles. The van der Waals surface area contributed by atoms with E-state index in [1.165, 1.54) is 36.9 Å². The van der Waals surface area contributed by atoms with Gasteiger partial charge in [0.25, 0.3) is 5.56 Å². The fourth-order valence-corrected chi connectivity index (χ4v) is 3.02. The van der Waals surface area contributed by atoms with Gasteiger partial charge in [-0.3, -0.25) is 15.2 Å². The van der Waals surface area contributed by atoms with Crippen LogP contribution >= 0.6 is 0 Å². The zero-order valence-corrected chi connectivity index (χ0v) is 17.2. The number of benzene rings is 2. The summed E-state index contributed by atoms with van der Waals surface area (Å²) in [7, 11) is 1.46. The third-order valence-corrected chi connectivity index (χ3v) is 4.48. The number of hydrogen-bond acceptors (Lipinski definition) is 4. The van der Waals surface area contributed by atoms with Crippen LogP contribution in [0.4, 0.5) is 23.8 Å². The number of hydrogen-bond donors (Lipinski definition) is 3. The monoisotopic (exact) mass is 450 g/mol. The number of carbonyl (C=O) groups is 1. The normalized spacial score (nSPS) is 11.3. The Bertz CT molecular complexity index is 1140. The first-order chi connectivity index (χ1) is 15.2. The summed E-state index contributed by atoms with van der Waals surface area (Å²) < 4.78 is 48.6. The van der Waals surface area contributed by atoms with Crippen LogP contribution in [0.2, 0.25) is 0 Å². The molecule has 3 rings (SSSR count). The van der Waals surface area contributed by atoms with E-state index in [0.717, 1.165) is 0 Å². The highest BCUT2D eigenvalue weighted by Gasteiger charge is 2.32. The molecule has 0 saturated carbocycles. The number of nitrogens with one attached hydrogen (secondary N) is 3. The van der Waals surface area contributed by atoms with Crippen molar-refractivity contribution in [3.63, 3.8) is 0 Å². The maximum absolute atomic E-state index is 12.7. The zero-order valence-electron chi connectivity index (χ0n) is 17.2. The number of alkyl halides is 3. The molecular weight excluding hydrogens is 429 g/mol. The summed E-state index contributed by atoms with van der Waals surface area (Å²) >= 11 is 0. The van der Waals surface area contributed by atoms with Gasteiger partial charge in [0.05, 0.1) is 17.9 Å². The Kier molecular flexibility index (Phi) is 6.89. The average Bonchev–Trinajstić information content (AvgIpc) is 3.02. The molecule has 0 fully saturated rings. The summed E-state index contributed by atoms with van der Waals surface area (Å²) in [5.74, 6) is -0.227. The number of halogens is 3. The zero-order chi connectivity index (χ0) is 23.3. The molecule has 11 heteroatoms.